The molecular weight excluding hydrogens is 522 g/mol. The summed E-state index contributed by atoms with van der Waals surface area (Å²) in [7, 11) is 0. The van der Waals surface area contributed by atoms with Crippen LogP contribution in [0.2, 0.25) is 5.02 Å². The Bertz CT molecular complexity index is 1480. The second-order valence-electron chi connectivity index (χ2n) is 8.80. The number of nitrogens with zero attached hydrogens (tertiary/aromatic N) is 3. The Balaban J connectivity index is 1.50. The van der Waals surface area contributed by atoms with Gasteiger partial charge in [0.1, 0.15) is 22.4 Å². The first kappa shape index (κ1) is 25.3. The van der Waals surface area contributed by atoms with Crippen LogP contribution in [0.3, 0.4) is 0 Å². The molecule has 3 aromatic carbocycles. The molecule has 4 aromatic rings. The summed E-state index contributed by atoms with van der Waals surface area (Å²) in [5.41, 5.74) is 4.40. The summed E-state index contributed by atoms with van der Waals surface area (Å²) in [5, 5.41) is 5.59. The fourth-order valence-electron chi connectivity index (χ4n) is 3.98. The minimum absolute atomic E-state index is 0.000571. The van der Waals surface area contributed by atoms with Crippen molar-refractivity contribution in [3.05, 3.63) is 106 Å². The van der Waals surface area contributed by atoms with Gasteiger partial charge in [-0.25, -0.2) is 4.68 Å². The third kappa shape index (κ3) is 5.64. The summed E-state index contributed by atoms with van der Waals surface area (Å²) in [4.78, 5) is 15.3. The van der Waals surface area contributed by atoms with Crippen LogP contribution in [0, 0.1) is 0 Å². The average Bonchev–Trinajstić information content (AvgIpc) is 3.44. The number of halogens is 1. The Morgan fingerprint density at radius 3 is 2.51 bits per heavy atom. The predicted molar refractivity (Wildman–Crippen MR) is 155 cm³/mol. The number of amides is 1. The monoisotopic (exact) mass is 545 g/mol. The van der Waals surface area contributed by atoms with Crippen molar-refractivity contribution in [1.29, 1.82) is 0 Å². The number of thioether (sulfide) groups is 1. The lowest BCUT2D eigenvalue weighted by atomic mass is 10.1. The Kier molecular flexibility index (Phi) is 7.46. The van der Waals surface area contributed by atoms with Crippen molar-refractivity contribution in [2.24, 2.45) is 0 Å². The number of carbonyl (C=O) groups is 1. The zero-order valence-corrected chi connectivity index (χ0v) is 22.7. The van der Waals surface area contributed by atoms with Crippen LogP contribution >= 0.6 is 35.6 Å². The van der Waals surface area contributed by atoms with Crippen molar-refractivity contribution >= 4 is 51.9 Å². The summed E-state index contributed by atoms with van der Waals surface area (Å²) < 4.78 is 8.45. The second kappa shape index (κ2) is 10.9. The van der Waals surface area contributed by atoms with E-state index < -0.39 is 0 Å². The van der Waals surface area contributed by atoms with Crippen LogP contribution in [-0.2, 0) is 11.4 Å². The van der Waals surface area contributed by atoms with Crippen LogP contribution < -0.4 is 4.74 Å². The molecule has 0 radical (unpaired) electrons. The van der Waals surface area contributed by atoms with E-state index in [4.69, 9.17) is 33.7 Å². The first-order valence-electron chi connectivity index (χ1n) is 11.8. The lowest BCUT2D eigenvalue weighted by Crippen LogP contribution is -2.34. The lowest BCUT2D eigenvalue weighted by molar-refractivity contribution is -0.123. The smallest absolute Gasteiger partial charge is 0.266 e. The molecule has 5 nitrogen and oxygen atoms in total. The van der Waals surface area contributed by atoms with E-state index in [9.17, 15) is 4.79 Å². The van der Waals surface area contributed by atoms with E-state index in [2.05, 4.69) is 0 Å². The quantitative estimate of drug-likeness (QED) is 0.179. The van der Waals surface area contributed by atoms with E-state index >= 15 is 0 Å². The zero-order chi connectivity index (χ0) is 25.9. The van der Waals surface area contributed by atoms with Gasteiger partial charge in [-0.15, -0.1) is 0 Å². The Hall–Kier alpha value is -3.39. The summed E-state index contributed by atoms with van der Waals surface area (Å²) >= 11 is 12.8. The fourth-order valence-corrected chi connectivity index (χ4v) is 5.62. The molecule has 5 rings (SSSR count). The highest BCUT2D eigenvalue weighted by molar-refractivity contribution is 8.26. The minimum atomic E-state index is -0.0801. The standard InChI is InChI=1S/C29H24ClN3O2S2/c1-19(2)33-28(34)26(37-29(33)36)16-22-17-32(24-8-4-3-5-9-24)31-27(22)21-7-6-10-25(15-21)35-18-20-11-13-23(30)14-12-20/h3-17,19H,18H2,1-2H3. The third-order valence-corrected chi connectivity index (χ3v) is 7.40. The topological polar surface area (TPSA) is 47.4 Å². The molecule has 1 aliphatic heterocycles. The first-order valence-corrected chi connectivity index (χ1v) is 13.4. The fraction of sp³-hybridized carbons (Fsp3) is 0.138. The maximum Gasteiger partial charge on any atom is 0.266 e. The van der Waals surface area contributed by atoms with Crippen molar-refractivity contribution in [2.75, 3.05) is 0 Å². The summed E-state index contributed by atoms with van der Waals surface area (Å²) in [6.07, 6.45) is 3.82. The summed E-state index contributed by atoms with van der Waals surface area (Å²) in [5.74, 6) is 0.641. The molecule has 0 spiro atoms. The molecule has 186 valence electrons. The molecule has 0 atom stereocenters. The number of thiocarbonyl (C=S) groups is 1. The maximum atomic E-state index is 13.1. The SMILES string of the molecule is CC(C)N1C(=O)C(=Cc2cn(-c3ccccc3)nc2-c2cccc(OCc3ccc(Cl)cc3)c2)SC1=S. The normalized spacial score (nSPS) is 14.7. The molecule has 1 aliphatic rings. The van der Waals surface area contributed by atoms with Gasteiger partial charge in [-0.05, 0) is 61.9 Å². The van der Waals surface area contributed by atoms with Crippen molar-refractivity contribution in [2.45, 2.75) is 26.5 Å². The Morgan fingerprint density at radius 2 is 1.81 bits per heavy atom. The highest BCUT2D eigenvalue weighted by atomic mass is 35.5. The van der Waals surface area contributed by atoms with E-state index in [1.165, 1.54) is 11.8 Å². The Labute approximate surface area is 230 Å². The Morgan fingerprint density at radius 1 is 1.05 bits per heavy atom. The van der Waals surface area contributed by atoms with Gasteiger partial charge in [-0.2, -0.15) is 5.10 Å². The van der Waals surface area contributed by atoms with Gasteiger partial charge in [0.15, 0.2) is 0 Å². The van der Waals surface area contributed by atoms with Crippen LogP contribution in [0.25, 0.3) is 23.0 Å². The number of carbonyl (C=O) groups excluding carboxylic acids is 1. The van der Waals surface area contributed by atoms with Gasteiger partial charge in [-0.1, -0.05) is 78.0 Å². The molecular formula is C29H24ClN3O2S2. The largest absolute Gasteiger partial charge is 0.489 e. The van der Waals surface area contributed by atoms with E-state index in [-0.39, 0.29) is 11.9 Å². The van der Waals surface area contributed by atoms with Gasteiger partial charge in [0.05, 0.1) is 10.6 Å². The zero-order valence-electron chi connectivity index (χ0n) is 20.3. The predicted octanol–water partition coefficient (Wildman–Crippen LogP) is 7.38. The molecule has 37 heavy (non-hydrogen) atoms. The highest BCUT2D eigenvalue weighted by Gasteiger charge is 2.34. The van der Waals surface area contributed by atoms with E-state index in [0.717, 1.165) is 33.8 Å². The van der Waals surface area contributed by atoms with Gasteiger partial charge < -0.3 is 4.74 Å². The summed E-state index contributed by atoms with van der Waals surface area (Å²) in [6, 6.07) is 25.3. The molecule has 0 bridgehead atoms. The molecule has 1 fully saturated rings. The van der Waals surface area contributed by atoms with Crippen LogP contribution in [0.4, 0.5) is 0 Å². The van der Waals surface area contributed by atoms with Crippen molar-refractivity contribution < 1.29 is 9.53 Å². The number of para-hydroxylation sites is 1. The molecule has 1 saturated heterocycles. The molecule has 1 aromatic heterocycles. The van der Waals surface area contributed by atoms with Crippen LogP contribution in [0.15, 0.2) is 90.0 Å². The van der Waals surface area contributed by atoms with Crippen LogP contribution in [0.5, 0.6) is 5.75 Å². The van der Waals surface area contributed by atoms with Crippen molar-refractivity contribution in [1.82, 2.24) is 14.7 Å². The number of rotatable bonds is 7. The molecule has 0 N–H and O–H groups in total. The minimum Gasteiger partial charge on any atom is -0.489 e. The number of ether oxygens (including phenoxy) is 1. The van der Waals surface area contributed by atoms with Crippen LogP contribution in [0.1, 0.15) is 25.0 Å². The average molecular weight is 546 g/mol. The van der Waals surface area contributed by atoms with Gasteiger partial charge in [0.25, 0.3) is 5.91 Å². The molecule has 0 unspecified atom stereocenters. The first-order chi connectivity index (χ1) is 17.9. The van der Waals surface area contributed by atoms with Gasteiger partial charge >= 0.3 is 0 Å². The highest BCUT2D eigenvalue weighted by Crippen LogP contribution is 2.36. The molecule has 1 amide bonds. The van der Waals surface area contributed by atoms with E-state index in [1.54, 1.807) is 4.90 Å². The van der Waals surface area contributed by atoms with Crippen LogP contribution in [-0.4, -0.2) is 30.9 Å². The van der Waals surface area contributed by atoms with E-state index in [0.29, 0.717) is 20.9 Å². The summed E-state index contributed by atoms with van der Waals surface area (Å²) in [6.45, 7) is 4.34. The molecule has 0 saturated carbocycles. The molecule has 8 heteroatoms. The maximum absolute atomic E-state index is 13.1. The number of aromatic nitrogens is 2. The van der Waals surface area contributed by atoms with Crippen molar-refractivity contribution in [3.63, 3.8) is 0 Å². The van der Waals surface area contributed by atoms with E-state index in [1.807, 2.05) is 110 Å². The third-order valence-electron chi connectivity index (χ3n) is 5.82. The number of benzene rings is 3. The second-order valence-corrected chi connectivity index (χ2v) is 10.9. The number of hydrogen-bond donors (Lipinski definition) is 0. The number of hydrogen-bond acceptors (Lipinski definition) is 5. The molecule has 2 heterocycles. The van der Waals surface area contributed by atoms with Gasteiger partial charge in [0.2, 0.25) is 0 Å². The van der Waals surface area contributed by atoms with Gasteiger partial charge in [0, 0.05) is 28.4 Å². The van der Waals surface area contributed by atoms with Crippen molar-refractivity contribution in [3.8, 4) is 22.7 Å². The molecule has 0 aliphatic carbocycles. The lowest BCUT2D eigenvalue weighted by Gasteiger charge is -2.18. The van der Waals surface area contributed by atoms with Gasteiger partial charge in [-0.3, -0.25) is 9.69 Å².